The second-order valence-electron chi connectivity index (χ2n) is 5.65. The summed E-state index contributed by atoms with van der Waals surface area (Å²) >= 11 is 1.58. The number of carbonyl (C=O) groups excluding carboxylic acids is 1. The first-order chi connectivity index (χ1) is 11.2. The van der Waals surface area contributed by atoms with Gasteiger partial charge in [0.25, 0.3) is 0 Å². The van der Waals surface area contributed by atoms with E-state index in [2.05, 4.69) is 0 Å². The summed E-state index contributed by atoms with van der Waals surface area (Å²) in [6.07, 6.45) is 3.47. The summed E-state index contributed by atoms with van der Waals surface area (Å²) in [6.45, 7) is 2.91. The highest BCUT2D eigenvalue weighted by Gasteiger charge is 2.22. The highest BCUT2D eigenvalue weighted by molar-refractivity contribution is 7.99. The number of halogens is 2. The maximum absolute atomic E-state index is 12.8. The smallest absolute Gasteiger partial charge is 0.223 e. The topological polar surface area (TPSA) is 55.6 Å². The van der Waals surface area contributed by atoms with Crippen molar-refractivity contribution in [3.8, 4) is 0 Å². The Bertz CT molecular complexity index is 482. The SMILES string of the molecule is Cl.NCCCOC1CCN(C(=O)CCSc2ccc(F)cc2)CC1. The van der Waals surface area contributed by atoms with Gasteiger partial charge in [0.1, 0.15) is 5.82 Å². The number of hydrogen-bond acceptors (Lipinski definition) is 4. The molecule has 0 aromatic heterocycles. The Morgan fingerprint density at radius 3 is 2.58 bits per heavy atom. The number of piperidine rings is 1. The van der Waals surface area contributed by atoms with E-state index < -0.39 is 0 Å². The van der Waals surface area contributed by atoms with Crippen LogP contribution in [0.3, 0.4) is 0 Å². The molecule has 0 atom stereocenters. The molecule has 7 heteroatoms. The van der Waals surface area contributed by atoms with E-state index >= 15 is 0 Å². The highest BCUT2D eigenvalue weighted by Crippen LogP contribution is 2.20. The number of rotatable bonds is 8. The monoisotopic (exact) mass is 376 g/mol. The van der Waals surface area contributed by atoms with E-state index in [1.165, 1.54) is 12.1 Å². The molecular formula is C17H26ClFN2O2S. The molecule has 2 N–H and O–H groups in total. The molecule has 4 nitrogen and oxygen atoms in total. The first-order valence-corrected chi connectivity index (χ1v) is 9.15. The van der Waals surface area contributed by atoms with Crippen LogP contribution in [-0.4, -0.2) is 48.9 Å². The molecule has 1 aliphatic rings. The summed E-state index contributed by atoms with van der Waals surface area (Å²) in [5.41, 5.74) is 5.45. The van der Waals surface area contributed by atoms with Crippen LogP contribution in [0.15, 0.2) is 29.2 Å². The van der Waals surface area contributed by atoms with Crippen molar-refractivity contribution in [2.24, 2.45) is 5.73 Å². The lowest BCUT2D eigenvalue weighted by Gasteiger charge is -2.32. The zero-order chi connectivity index (χ0) is 16.5. The Morgan fingerprint density at radius 1 is 1.29 bits per heavy atom. The lowest BCUT2D eigenvalue weighted by atomic mass is 10.1. The Kier molecular flexibility index (Phi) is 10.3. The summed E-state index contributed by atoms with van der Waals surface area (Å²) < 4.78 is 18.6. The normalized spacial score (nSPS) is 15.2. The fourth-order valence-corrected chi connectivity index (χ4v) is 3.39. The molecule has 0 radical (unpaired) electrons. The first kappa shape index (κ1) is 21.2. The summed E-state index contributed by atoms with van der Waals surface area (Å²) in [4.78, 5) is 15.1. The van der Waals surface area contributed by atoms with Crippen molar-refractivity contribution in [3.63, 3.8) is 0 Å². The third-order valence-electron chi connectivity index (χ3n) is 3.89. The first-order valence-electron chi connectivity index (χ1n) is 8.17. The number of benzene rings is 1. The van der Waals surface area contributed by atoms with E-state index in [4.69, 9.17) is 10.5 Å². The van der Waals surface area contributed by atoms with Gasteiger partial charge in [0.15, 0.2) is 0 Å². The molecule has 24 heavy (non-hydrogen) atoms. The van der Waals surface area contributed by atoms with Gasteiger partial charge in [-0.2, -0.15) is 0 Å². The zero-order valence-electron chi connectivity index (χ0n) is 13.8. The van der Waals surface area contributed by atoms with E-state index in [0.717, 1.165) is 43.0 Å². The molecule has 1 aromatic rings. The Hall–Kier alpha value is -0.820. The van der Waals surface area contributed by atoms with Gasteiger partial charge in [0.2, 0.25) is 5.91 Å². The van der Waals surface area contributed by atoms with Gasteiger partial charge in [0, 0.05) is 36.8 Å². The lowest BCUT2D eigenvalue weighted by Crippen LogP contribution is -2.41. The minimum absolute atomic E-state index is 0. The molecule has 0 aliphatic carbocycles. The van der Waals surface area contributed by atoms with Crippen LogP contribution in [0, 0.1) is 5.82 Å². The summed E-state index contributed by atoms with van der Waals surface area (Å²) in [7, 11) is 0. The Labute approximate surface area is 153 Å². The summed E-state index contributed by atoms with van der Waals surface area (Å²) in [5, 5.41) is 0. The number of amides is 1. The van der Waals surface area contributed by atoms with Crippen LogP contribution < -0.4 is 5.73 Å². The number of carbonyl (C=O) groups is 1. The number of thioether (sulfide) groups is 1. The van der Waals surface area contributed by atoms with Gasteiger partial charge in [-0.05, 0) is 50.1 Å². The third-order valence-corrected chi connectivity index (χ3v) is 4.91. The van der Waals surface area contributed by atoms with E-state index in [-0.39, 0.29) is 30.2 Å². The Balaban J connectivity index is 0.00000288. The highest BCUT2D eigenvalue weighted by atomic mass is 35.5. The van der Waals surface area contributed by atoms with Crippen molar-refractivity contribution in [2.45, 2.75) is 36.7 Å². The van der Waals surface area contributed by atoms with Crippen molar-refractivity contribution in [3.05, 3.63) is 30.1 Å². The third kappa shape index (κ3) is 7.38. The maximum Gasteiger partial charge on any atom is 0.223 e. The van der Waals surface area contributed by atoms with Crippen molar-refractivity contribution in [2.75, 3.05) is 32.0 Å². The van der Waals surface area contributed by atoms with Gasteiger partial charge in [0.05, 0.1) is 6.10 Å². The van der Waals surface area contributed by atoms with Gasteiger partial charge in [-0.1, -0.05) is 0 Å². The van der Waals surface area contributed by atoms with Crippen molar-refractivity contribution in [1.82, 2.24) is 4.90 Å². The van der Waals surface area contributed by atoms with Crippen LogP contribution in [0.2, 0.25) is 0 Å². The molecule has 0 saturated carbocycles. The van der Waals surface area contributed by atoms with Gasteiger partial charge in [-0.15, -0.1) is 24.2 Å². The Morgan fingerprint density at radius 2 is 1.96 bits per heavy atom. The van der Waals surface area contributed by atoms with Crippen molar-refractivity contribution in [1.29, 1.82) is 0 Å². The van der Waals surface area contributed by atoms with E-state index in [0.29, 0.717) is 19.6 Å². The second-order valence-corrected chi connectivity index (χ2v) is 6.81. The molecule has 136 valence electrons. The molecule has 1 amide bonds. The number of likely N-dealkylation sites (tertiary alicyclic amines) is 1. The molecule has 1 fully saturated rings. The fourth-order valence-electron chi connectivity index (χ4n) is 2.55. The minimum Gasteiger partial charge on any atom is -0.378 e. The number of nitrogens with zero attached hydrogens (tertiary/aromatic N) is 1. The average molecular weight is 377 g/mol. The van der Waals surface area contributed by atoms with Gasteiger partial charge in [-0.3, -0.25) is 4.79 Å². The van der Waals surface area contributed by atoms with Crippen LogP contribution in [-0.2, 0) is 9.53 Å². The number of ether oxygens (including phenoxy) is 1. The lowest BCUT2D eigenvalue weighted by molar-refractivity contribution is -0.133. The number of hydrogen-bond donors (Lipinski definition) is 1. The van der Waals surface area contributed by atoms with Crippen LogP contribution in [0.25, 0.3) is 0 Å². The largest absolute Gasteiger partial charge is 0.378 e. The second kappa shape index (κ2) is 11.7. The van der Waals surface area contributed by atoms with E-state index in [9.17, 15) is 9.18 Å². The molecule has 1 aliphatic heterocycles. The minimum atomic E-state index is -0.234. The molecular weight excluding hydrogens is 351 g/mol. The van der Waals surface area contributed by atoms with Crippen molar-refractivity contribution < 1.29 is 13.9 Å². The standard InChI is InChI=1S/C17H25FN2O2S.ClH/c18-14-2-4-16(5-3-14)23-13-8-17(21)20-10-6-15(7-11-20)22-12-1-9-19;/h2-5,15H,1,6-13,19H2;1H. The van der Waals surface area contributed by atoms with E-state index in [1.807, 2.05) is 4.90 Å². The van der Waals surface area contributed by atoms with Gasteiger partial charge >= 0.3 is 0 Å². The van der Waals surface area contributed by atoms with Crippen molar-refractivity contribution >= 4 is 30.1 Å². The average Bonchev–Trinajstić information content (AvgIpc) is 2.57. The maximum atomic E-state index is 12.8. The molecule has 0 bridgehead atoms. The summed E-state index contributed by atoms with van der Waals surface area (Å²) in [5.74, 6) is 0.680. The van der Waals surface area contributed by atoms with E-state index in [1.54, 1.807) is 23.9 Å². The predicted octanol–water partition coefficient (Wildman–Crippen LogP) is 3.09. The molecule has 0 spiro atoms. The molecule has 1 saturated heterocycles. The van der Waals surface area contributed by atoms with Gasteiger partial charge < -0.3 is 15.4 Å². The fraction of sp³-hybridized carbons (Fsp3) is 0.588. The van der Waals surface area contributed by atoms with Crippen LogP contribution in [0.5, 0.6) is 0 Å². The molecule has 0 unspecified atom stereocenters. The van der Waals surface area contributed by atoms with Crippen LogP contribution >= 0.6 is 24.2 Å². The van der Waals surface area contributed by atoms with Gasteiger partial charge in [-0.25, -0.2) is 4.39 Å². The number of nitrogens with two attached hydrogens (primary N) is 1. The summed E-state index contributed by atoms with van der Waals surface area (Å²) in [6, 6.07) is 6.38. The molecule has 2 rings (SSSR count). The zero-order valence-corrected chi connectivity index (χ0v) is 15.4. The quantitative estimate of drug-likeness (QED) is 0.559. The molecule has 1 heterocycles. The predicted molar refractivity (Wildman–Crippen MR) is 98.2 cm³/mol. The van der Waals surface area contributed by atoms with Crippen LogP contribution in [0.1, 0.15) is 25.7 Å². The van der Waals surface area contributed by atoms with Crippen LogP contribution in [0.4, 0.5) is 4.39 Å². The molecule has 1 aromatic carbocycles.